The molecule has 0 spiro atoms. The second kappa shape index (κ2) is 23.0. The molecule has 0 N–H and O–H groups in total. The van der Waals surface area contributed by atoms with Crippen LogP contribution in [0.4, 0.5) is 0 Å². The Labute approximate surface area is 436 Å². The normalized spacial score (nSPS) is 16.6. The van der Waals surface area contributed by atoms with Crippen molar-refractivity contribution in [3.05, 3.63) is 210 Å². The van der Waals surface area contributed by atoms with Crippen LogP contribution in [-0.2, 0) is 38.9 Å². The van der Waals surface area contributed by atoms with Crippen LogP contribution >= 0.6 is 0 Å². The van der Waals surface area contributed by atoms with E-state index in [2.05, 4.69) is 71.2 Å². The minimum atomic E-state index is 0.0676. The van der Waals surface area contributed by atoms with Gasteiger partial charge in [-0.3, -0.25) is 28.1 Å². The Bertz CT molecular complexity index is 3540. The summed E-state index contributed by atoms with van der Waals surface area (Å²) in [6.07, 6.45) is 14.4. The fourth-order valence-electron chi connectivity index (χ4n) is 9.93. The van der Waals surface area contributed by atoms with Crippen molar-refractivity contribution in [3.63, 3.8) is 0 Å². The predicted octanol–water partition coefficient (Wildman–Crippen LogP) is 9.49. The van der Waals surface area contributed by atoms with Crippen LogP contribution in [0.2, 0.25) is 0 Å². The Morgan fingerprint density at radius 1 is 0.400 bits per heavy atom. The molecule has 372 valence electrons. The molecule has 3 atom stereocenters. The predicted molar refractivity (Wildman–Crippen MR) is 295 cm³/mol. The van der Waals surface area contributed by atoms with Crippen LogP contribution < -0.4 is 16.7 Å². The highest BCUT2D eigenvalue weighted by Gasteiger charge is 2.20. The second-order valence-electron chi connectivity index (χ2n) is 19.9. The maximum absolute atomic E-state index is 12.8. The Kier molecular flexibility index (Phi) is 15.2. The smallest absolute Gasteiger partial charge is 0.261 e. The minimum absolute atomic E-state index is 0.0676. The molecule has 9 aromatic rings. The average Bonchev–Trinajstić information content (AvgIpc) is 3.84. The van der Waals surface area contributed by atoms with Crippen molar-refractivity contribution in [3.8, 4) is 35.5 Å². The van der Waals surface area contributed by atoms with E-state index in [9.17, 15) is 14.4 Å². The van der Waals surface area contributed by atoms with Gasteiger partial charge in [0, 0.05) is 74.2 Å². The van der Waals surface area contributed by atoms with Crippen molar-refractivity contribution in [1.82, 2.24) is 43.6 Å². The monoisotopic (exact) mass is 987 g/mol. The molecule has 0 saturated carbocycles. The number of nitrogens with zero attached hydrogens (tertiary/aromatic N) is 9. The van der Waals surface area contributed by atoms with Gasteiger partial charge in [0.15, 0.2) is 0 Å². The Morgan fingerprint density at radius 2 is 0.707 bits per heavy atom. The molecule has 3 aliphatic rings. The number of hydrogen-bond acceptors (Lipinski definition) is 9. The molecule has 6 aromatic heterocycles. The molecule has 3 unspecified atom stereocenters. The summed E-state index contributed by atoms with van der Waals surface area (Å²) in [5.74, 6) is 22.7. The topological polar surface area (TPSA) is 143 Å². The quantitative estimate of drug-likeness (QED) is 0.136. The first-order chi connectivity index (χ1) is 36.6. The lowest BCUT2D eigenvalue weighted by molar-refractivity contribution is 0.457. The van der Waals surface area contributed by atoms with Crippen molar-refractivity contribution in [2.24, 2.45) is 17.8 Å². The molecule has 12 nitrogen and oxygen atoms in total. The van der Waals surface area contributed by atoms with Crippen LogP contribution in [0.15, 0.2) is 142 Å². The van der Waals surface area contributed by atoms with E-state index in [0.29, 0.717) is 33.9 Å². The molecule has 0 aliphatic carbocycles. The average molecular weight is 988 g/mol. The third-order valence-corrected chi connectivity index (χ3v) is 13.9. The van der Waals surface area contributed by atoms with Gasteiger partial charge in [-0.25, -0.2) is 29.9 Å². The van der Waals surface area contributed by atoms with Gasteiger partial charge in [-0.15, -0.1) is 0 Å². The zero-order chi connectivity index (χ0) is 51.7. The molecule has 0 amide bonds. The summed E-state index contributed by atoms with van der Waals surface area (Å²) < 4.78 is 5.58. The molecular weight excluding hydrogens is 931 g/mol. The molecule has 0 saturated heterocycles. The zero-order valence-electron chi connectivity index (χ0n) is 42.6. The molecule has 0 fully saturated rings. The maximum atomic E-state index is 12.8. The van der Waals surface area contributed by atoms with Gasteiger partial charge in [-0.2, -0.15) is 0 Å². The number of benzene rings is 3. The molecule has 9 heterocycles. The number of fused-ring (bicyclic) bond motifs is 6. The largest absolute Gasteiger partial charge is 0.296 e. The summed E-state index contributed by atoms with van der Waals surface area (Å²) in [5, 5.41) is 2.00. The molecule has 3 aromatic carbocycles. The highest BCUT2D eigenvalue weighted by Crippen LogP contribution is 2.22. The first-order valence-electron chi connectivity index (χ1n) is 26.0. The Hall–Kier alpha value is -8.79. The first-order valence-corrected chi connectivity index (χ1v) is 26.0. The number of aromatic nitrogens is 9. The Balaban J connectivity index is 0.000000128. The molecule has 12 rings (SSSR count). The SMILES string of the molecule is CC1CCCc2nc3cc(C#Cc4ccccn4)ccc3c(=O)n2C1.CC1CCCc2nc3cc(C#Cc4ccccn4)ccc3c(=O)n2C1.CC1CCCc2nc3cc(C#Cc4ccccn4)ccc3c(=O)n2C1. The van der Waals surface area contributed by atoms with Crippen LogP contribution in [-0.4, -0.2) is 43.6 Å². The lowest BCUT2D eigenvalue weighted by Gasteiger charge is -2.12. The summed E-state index contributed by atoms with van der Waals surface area (Å²) in [4.78, 5) is 65.4. The summed E-state index contributed by atoms with van der Waals surface area (Å²) in [7, 11) is 0. The van der Waals surface area contributed by atoms with Crippen molar-refractivity contribution >= 4 is 32.7 Å². The highest BCUT2D eigenvalue weighted by atomic mass is 16.1. The molecule has 0 radical (unpaired) electrons. The van der Waals surface area contributed by atoms with Gasteiger partial charge < -0.3 is 0 Å². The second-order valence-corrected chi connectivity index (χ2v) is 19.9. The fourth-order valence-corrected chi connectivity index (χ4v) is 9.93. The van der Waals surface area contributed by atoms with E-state index in [0.717, 1.165) is 145 Å². The molecule has 3 aliphatic heterocycles. The van der Waals surface area contributed by atoms with Gasteiger partial charge in [0.1, 0.15) is 34.6 Å². The Morgan fingerprint density at radius 3 is 0.987 bits per heavy atom. The van der Waals surface area contributed by atoms with E-state index in [4.69, 9.17) is 15.0 Å². The van der Waals surface area contributed by atoms with Crippen LogP contribution in [0.25, 0.3) is 32.7 Å². The van der Waals surface area contributed by atoms with Crippen LogP contribution in [0.1, 0.15) is 111 Å². The van der Waals surface area contributed by atoms with Crippen LogP contribution in [0.3, 0.4) is 0 Å². The standard InChI is InChI=1S/3C21H19N3O/c3*1-15-5-4-7-20-23-19-13-16(8-10-17-6-2-3-12-22-17)9-11-18(19)21(25)24(20)14-15/h3*2-3,6,9,11-13,15H,4-5,7,14H2,1H3. The van der Waals surface area contributed by atoms with Crippen molar-refractivity contribution in [2.45, 2.75) is 98.2 Å². The zero-order valence-corrected chi connectivity index (χ0v) is 42.6. The van der Waals surface area contributed by atoms with E-state index >= 15 is 0 Å². The van der Waals surface area contributed by atoms with E-state index in [1.54, 1.807) is 18.6 Å². The number of aryl methyl sites for hydroxylation is 3. The third kappa shape index (κ3) is 12.0. The summed E-state index contributed by atoms with van der Waals surface area (Å²) >= 11 is 0. The number of pyridine rings is 3. The lowest BCUT2D eigenvalue weighted by atomic mass is 10.1. The number of hydrogen-bond donors (Lipinski definition) is 0. The molecule has 12 heteroatoms. The molecule has 0 bridgehead atoms. The highest BCUT2D eigenvalue weighted by molar-refractivity contribution is 5.81. The minimum Gasteiger partial charge on any atom is -0.296 e. The first kappa shape index (κ1) is 49.8. The van der Waals surface area contributed by atoms with E-state index in [-0.39, 0.29) is 16.7 Å². The van der Waals surface area contributed by atoms with Crippen molar-refractivity contribution < 1.29 is 0 Å². The van der Waals surface area contributed by atoms with Crippen molar-refractivity contribution in [2.75, 3.05) is 0 Å². The van der Waals surface area contributed by atoms with Gasteiger partial charge in [0.2, 0.25) is 0 Å². The van der Waals surface area contributed by atoms with Gasteiger partial charge >= 0.3 is 0 Å². The van der Waals surface area contributed by atoms with E-state index in [1.807, 2.05) is 123 Å². The van der Waals surface area contributed by atoms with Crippen LogP contribution in [0, 0.1) is 53.3 Å². The van der Waals surface area contributed by atoms with Gasteiger partial charge in [0.05, 0.1) is 32.7 Å². The van der Waals surface area contributed by atoms with Crippen LogP contribution in [0.5, 0.6) is 0 Å². The lowest BCUT2D eigenvalue weighted by Crippen LogP contribution is -2.26. The van der Waals surface area contributed by atoms with Gasteiger partial charge in [-0.05, 0) is 165 Å². The molecule has 75 heavy (non-hydrogen) atoms. The fraction of sp³-hybridized carbons (Fsp3) is 0.286. The number of rotatable bonds is 0. The van der Waals surface area contributed by atoms with E-state index in [1.165, 1.54) is 0 Å². The molecular formula is C63H57N9O3. The van der Waals surface area contributed by atoms with Crippen molar-refractivity contribution in [1.29, 1.82) is 0 Å². The summed E-state index contributed by atoms with van der Waals surface area (Å²) in [6.45, 7) is 8.88. The maximum Gasteiger partial charge on any atom is 0.261 e. The summed E-state index contributed by atoms with van der Waals surface area (Å²) in [5.41, 5.74) is 7.13. The van der Waals surface area contributed by atoms with E-state index < -0.39 is 0 Å². The van der Waals surface area contributed by atoms with Gasteiger partial charge in [-0.1, -0.05) is 56.7 Å². The van der Waals surface area contributed by atoms with Gasteiger partial charge in [0.25, 0.3) is 16.7 Å². The third-order valence-electron chi connectivity index (χ3n) is 13.9. The summed E-state index contributed by atoms with van der Waals surface area (Å²) in [6, 6.07) is 33.9.